The van der Waals surface area contributed by atoms with Crippen LogP contribution in [0, 0.1) is 5.92 Å². The van der Waals surface area contributed by atoms with E-state index in [0.29, 0.717) is 26.2 Å². The first-order valence-corrected chi connectivity index (χ1v) is 13.5. The van der Waals surface area contributed by atoms with Gasteiger partial charge in [0.25, 0.3) is 0 Å². The number of epoxide rings is 2. The molecular formula is C30H42O7. The summed E-state index contributed by atoms with van der Waals surface area (Å²) < 4.78 is 29.0. The summed E-state index contributed by atoms with van der Waals surface area (Å²) in [7, 11) is 0. The minimum atomic E-state index is -0.837. The molecule has 1 aromatic rings. The van der Waals surface area contributed by atoms with Crippen LogP contribution in [-0.4, -0.2) is 66.5 Å². The molecule has 1 N–H and O–H groups in total. The molecule has 1 aromatic carbocycles. The van der Waals surface area contributed by atoms with Gasteiger partial charge < -0.3 is 28.8 Å². The number of aliphatic hydroxyl groups is 1. The van der Waals surface area contributed by atoms with Gasteiger partial charge in [0.1, 0.15) is 29.7 Å². The quantitative estimate of drug-likeness (QED) is 0.140. The summed E-state index contributed by atoms with van der Waals surface area (Å²) >= 11 is 0. The first-order valence-electron chi connectivity index (χ1n) is 13.5. The van der Waals surface area contributed by atoms with Gasteiger partial charge in [-0.1, -0.05) is 30.7 Å². The van der Waals surface area contributed by atoms with Gasteiger partial charge in [0.05, 0.1) is 37.4 Å². The van der Waals surface area contributed by atoms with Crippen LogP contribution in [0.3, 0.4) is 0 Å². The normalized spacial score (nSPS) is 33.2. The van der Waals surface area contributed by atoms with Crippen molar-refractivity contribution in [1.29, 1.82) is 0 Å². The maximum absolute atomic E-state index is 12.6. The highest BCUT2D eigenvalue weighted by Gasteiger charge is 2.71. The number of rotatable bonds is 12. The number of allylic oxidation sites excluding steroid dienone is 1. The third kappa shape index (κ3) is 6.82. The van der Waals surface area contributed by atoms with E-state index in [1.807, 2.05) is 38.1 Å². The average molecular weight is 515 g/mol. The number of ether oxygens (including phenoxy) is 5. The van der Waals surface area contributed by atoms with Gasteiger partial charge in [0, 0.05) is 6.08 Å². The van der Waals surface area contributed by atoms with Crippen molar-refractivity contribution in [2.75, 3.05) is 19.8 Å². The van der Waals surface area contributed by atoms with E-state index in [0.717, 1.165) is 30.6 Å². The molecule has 4 rings (SSSR count). The van der Waals surface area contributed by atoms with Gasteiger partial charge in [-0.3, -0.25) is 0 Å². The number of esters is 1. The Morgan fingerprint density at radius 1 is 1.24 bits per heavy atom. The van der Waals surface area contributed by atoms with Crippen molar-refractivity contribution in [2.45, 2.75) is 95.9 Å². The molecule has 0 aromatic heterocycles. The van der Waals surface area contributed by atoms with E-state index in [9.17, 15) is 9.90 Å². The molecule has 3 aliphatic rings. The van der Waals surface area contributed by atoms with Gasteiger partial charge in [0.15, 0.2) is 0 Å². The van der Waals surface area contributed by atoms with Crippen LogP contribution in [0.25, 0.3) is 6.08 Å². The van der Waals surface area contributed by atoms with Gasteiger partial charge in [0.2, 0.25) is 0 Å². The van der Waals surface area contributed by atoms with Crippen LogP contribution in [-0.2, 0) is 23.7 Å². The van der Waals surface area contributed by atoms with Gasteiger partial charge in [-0.05, 0) is 77.2 Å². The van der Waals surface area contributed by atoms with Crippen molar-refractivity contribution in [1.82, 2.24) is 0 Å². The second kappa shape index (κ2) is 11.7. The SMILES string of the molecule is CCC(C)OCCOc1ccc(/C=C/C(=O)O[C@@H]2CCC3(CO3)C(C3(C)OC3CC=C(C)C)[C@@H]2O)cc1. The average Bonchev–Trinajstić information content (AvgIpc) is 3.79. The standard InChI is InChI=1S/C30H42O7/c1-6-21(4)33-17-18-34-23-11-8-22(9-12-23)10-14-26(31)36-24-15-16-30(19-35-30)28(27(24)32)29(5)25(37-29)13-7-20(2)3/h7-12,14,21,24-25,27-28,32H,6,13,15-19H2,1-5H3/b14-10+/t21?,24-,25?,27-,28?,29?,30?/m1/s1. The number of carbonyl (C=O) groups is 1. The van der Waals surface area contributed by atoms with Gasteiger partial charge in [-0.25, -0.2) is 4.79 Å². The summed E-state index contributed by atoms with van der Waals surface area (Å²) in [6.07, 6.45) is 7.21. The highest BCUT2D eigenvalue weighted by Crippen LogP contribution is 2.59. The zero-order valence-electron chi connectivity index (χ0n) is 22.8. The van der Waals surface area contributed by atoms with E-state index in [1.54, 1.807) is 6.08 Å². The van der Waals surface area contributed by atoms with Gasteiger partial charge >= 0.3 is 5.97 Å². The first kappa shape index (κ1) is 27.8. The second-order valence-corrected chi connectivity index (χ2v) is 11.0. The molecule has 7 atom stereocenters. The van der Waals surface area contributed by atoms with Crippen LogP contribution >= 0.6 is 0 Å². The Morgan fingerprint density at radius 3 is 2.62 bits per heavy atom. The van der Waals surface area contributed by atoms with Crippen LogP contribution in [0.5, 0.6) is 5.75 Å². The number of aliphatic hydroxyl groups excluding tert-OH is 1. The van der Waals surface area contributed by atoms with E-state index in [2.05, 4.69) is 26.8 Å². The minimum Gasteiger partial charge on any atom is -0.491 e. The van der Waals surface area contributed by atoms with Crippen molar-refractivity contribution < 1.29 is 33.6 Å². The predicted octanol–water partition coefficient (Wildman–Crippen LogP) is 4.86. The maximum atomic E-state index is 12.6. The van der Waals surface area contributed by atoms with Crippen molar-refractivity contribution in [3.63, 3.8) is 0 Å². The molecule has 2 saturated heterocycles. The summed E-state index contributed by atoms with van der Waals surface area (Å²) in [5.74, 6) is 0.0499. The molecular weight excluding hydrogens is 472 g/mol. The lowest BCUT2D eigenvalue weighted by Crippen LogP contribution is -2.54. The Bertz CT molecular complexity index is 976. The summed E-state index contributed by atoms with van der Waals surface area (Å²) in [5, 5.41) is 11.3. The Morgan fingerprint density at radius 2 is 1.97 bits per heavy atom. The minimum absolute atomic E-state index is 0.0388. The number of hydrogen-bond acceptors (Lipinski definition) is 7. The second-order valence-electron chi connectivity index (χ2n) is 11.0. The molecule has 0 radical (unpaired) electrons. The molecule has 204 valence electrons. The Labute approximate surface area is 220 Å². The van der Waals surface area contributed by atoms with E-state index in [1.165, 1.54) is 11.6 Å². The van der Waals surface area contributed by atoms with E-state index in [4.69, 9.17) is 23.7 Å². The lowest BCUT2D eigenvalue weighted by molar-refractivity contribution is -0.162. The maximum Gasteiger partial charge on any atom is 0.331 e. The lowest BCUT2D eigenvalue weighted by Gasteiger charge is -2.40. The Kier molecular flexibility index (Phi) is 8.79. The highest BCUT2D eigenvalue weighted by atomic mass is 16.6. The fraction of sp³-hybridized carbons (Fsp3) is 0.633. The Hall–Kier alpha value is -2.19. The number of carbonyl (C=O) groups excluding carboxylic acids is 1. The third-order valence-electron chi connectivity index (χ3n) is 7.88. The van der Waals surface area contributed by atoms with Crippen LogP contribution < -0.4 is 4.74 Å². The molecule has 7 heteroatoms. The zero-order chi connectivity index (χ0) is 26.6. The molecule has 7 nitrogen and oxygen atoms in total. The monoisotopic (exact) mass is 514 g/mol. The van der Waals surface area contributed by atoms with Crippen LogP contribution in [0.4, 0.5) is 0 Å². The third-order valence-corrected chi connectivity index (χ3v) is 7.88. The lowest BCUT2D eigenvalue weighted by atomic mass is 9.68. The van der Waals surface area contributed by atoms with E-state index in [-0.39, 0.29) is 23.7 Å². The van der Waals surface area contributed by atoms with Crippen LogP contribution in [0.1, 0.15) is 65.9 Å². The highest BCUT2D eigenvalue weighted by molar-refractivity contribution is 5.87. The van der Waals surface area contributed by atoms with Crippen molar-refractivity contribution in [3.8, 4) is 5.75 Å². The van der Waals surface area contributed by atoms with E-state index < -0.39 is 23.8 Å². The fourth-order valence-corrected chi connectivity index (χ4v) is 5.37. The molecule has 0 bridgehead atoms. The molecule has 1 saturated carbocycles. The van der Waals surface area contributed by atoms with Gasteiger partial charge in [-0.15, -0.1) is 0 Å². The van der Waals surface area contributed by atoms with Crippen LogP contribution in [0.2, 0.25) is 0 Å². The van der Waals surface area contributed by atoms with Crippen molar-refractivity contribution in [2.24, 2.45) is 5.92 Å². The molecule has 1 aliphatic carbocycles. The molecule has 2 aliphatic heterocycles. The molecule has 0 amide bonds. The molecule has 37 heavy (non-hydrogen) atoms. The molecule has 1 spiro atoms. The number of hydrogen-bond donors (Lipinski definition) is 1. The van der Waals surface area contributed by atoms with E-state index >= 15 is 0 Å². The summed E-state index contributed by atoms with van der Waals surface area (Å²) in [5.41, 5.74) is 1.25. The topological polar surface area (TPSA) is 90.1 Å². The van der Waals surface area contributed by atoms with Crippen molar-refractivity contribution >= 4 is 12.0 Å². The summed E-state index contributed by atoms with van der Waals surface area (Å²) in [6, 6.07) is 7.49. The van der Waals surface area contributed by atoms with Crippen LogP contribution in [0.15, 0.2) is 42.0 Å². The largest absolute Gasteiger partial charge is 0.491 e. The fourth-order valence-electron chi connectivity index (χ4n) is 5.37. The zero-order valence-corrected chi connectivity index (χ0v) is 22.8. The number of benzene rings is 1. The van der Waals surface area contributed by atoms with Crippen molar-refractivity contribution in [3.05, 3.63) is 47.6 Å². The smallest absolute Gasteiger partial charge is 0.331 e. The molecule has 3 fully saturated rings. The first-order chi connectivity index (χ1) is 17.7. The molecule has 5 unspecified atom stereocenters. The molecule has 2 heterocycles. The predicted molar refractivity (Wildman–Crippen MR) is 141 cm³/mol. The Balaban J connectivity index is 1.28. The summed E-state index contributed by atoms with van der Waals surface area (Å²) in [6.45, 7) is 12.0. The van der Waals surface area contributed by atoms with Gasteiger partial charge in [-0.2, -0.15) is 0 Å². The summed E-state index contributed by atoms with van der Waals surface area (Å²) in [4.78, 5) is 12.6.